The first kappa shape index (κ1) is 25.3. The molecule has 36 heavy (non-hydrogen) atoms. The minimum atomic E-state index is -0.0913. The van der Waals surface area contributed by atoms with Crippen molar-refractivity contribution in [2.45, 2.75) is 18.9 Å². The Morgan fingerprint density at radius 2 is 1.94 bits per heavy atom. The number of ether oxygens (including phenoxy) is 1. The van der Waals surface area contributed by atoms with E-state index in [4.69, 9.17) is 16.3 Å². The lowest BCUT2D eigenvalue weighted by Gasteiger charge is -2.32. The summed E-state index contributed by atoms with van der Waals surface area (Å²) in [4.78, 5) is 22.8. The summed E-state index contributed by atoms with van der Waals surface area (Å²) in [5.74, 6) is -0.0913. The molecule has 0 bridgehead atoms. The molecule has 1 amide bonds. The van der Waals surface area contributed by atoms with Crippen LogP contribution < -0.4 is 10.6 Å². The molecular weight excluding hydrogens is 542 g/mol. The van der Waals surface area contributed by atoms with Crippen LogP contribution in [0.3, 0.4) is 0 Å². The van der Waals surface area contributed by atoms with Gasteiger partial charge in [0.1, 0.15) is 0 Å². The normalized spacial score (nSPS) is 15.2. The average molecular weight is 573 g/mol. The lowest BCUT2D eigenvalue weighted by Crippen LogP contribution is -2.45. The number of benzene rings is 2. The third-order valence-corrected chi connectivity index (χ3v) is 7.61. The van der Waals surface area contributed by atoms with Crippen molar-refractivity contribution in [1.82, 2.24) is 25.5 Å². The number of piperidine rings is 1. The monoisotopic (exact) mass is 571 g/mol. The predicted octanol–water partition coefficient (Wildman–Crippen LogP) is 5.16. The maximum atomic E-state index is 13.4. The van der Waals surface area contributed by atoms with E-state index >= 15 is 0 Å². The number of halogens is 2. The number of hydrogen-bond acceptors (Lipinski definition) is 4. The van der Waals surface area contributed by atoms with Crippen LogP contribution in [0.1, 0.15) is 23.2 Å². The summed E-state index contributed by atoms with van der Waals surface area (Å²) in [6, 6.07) is 14.2. The van der Waals surface area contributed by atoms with Gasteiger partial charge in [0.25, 0.3) is 5.91 Å². The molecule has 4 N–H and O–H groups in total. The zero-order valence-corrected chi connectivity index (χ0v) is 22.6. The molecule has 4 aromatic rings. The van der Waals surface area contributed by atoms with Crippen LogP contribution in [0.5, 0.6) is 0 Å². The van der Waals surface area contributed by atoms with E-state index < -0.39 is 0 Å². The second-order valence-corrected chi connectivity index (χ2v) is 10.7. The van der Waals surface area contributed by atoms with E-state index in [0.29, 0.717) is 23.2 Å². The number of methoxy groups -OCH3 is 1. The van der Waals surface area contributed by atoms with E-state index in [1.165, 1.54) is 0 Å². The first-order valence-corrected chi connectivity index (χ1v) is 13.5. The van der Waals surface area contributed by atoms with Crippen LogP contribution in [0.4, 0.5) is 0 Å². The largest absolute Gasteiger partial charge is 0.383 e. The molecule has 190 valence electrons. The highest BCUT2D eigenvalue weighted by atomic mass is 79.9. The van der Waals surface area contributed by atoms with Crippen molar-refractivity contribution in [3.8, 4) is 11.4 Å². The van der Waals surface area contributed by atoms with Crippen LogP contribution in [0.25, 0.3) is 33.2 Å². The van der Waals surface area contributed by atoms with Gasteiger partial charge in [-0.2, -0.15) is 0 Å². The Bertz CT molecular complexity index is 1360. The third kappa shape index (κ3) is 5.63. The smallest absolute Gasteiger partial charge is 0.254 e. The van der Waals surface area contributed by atoms with Gasteiger partial charge < -0.3 is 30.2 Å². The fourth-order valence-corrected chi connectivity index (χ4v) is 5.51. The van der Waals surface area contributed by atoms with E-state index in [0.717, 1.165) is 83.3 Å². The summed E-state index contributed by atoms with van der Waals surface area (Å²) < 4.78 is 6.14. The van der Waals surface area contributed by atoms with Crippen molar-refractivity contribution in [2.24, 2.45) is 0 Å². The number of nitrogens with one attached hydrogen (secondary N) is 4. The Hall–Kier alpha value is -2.36. The average Bonchev–Trinajstić information content (AvgIpc) is 3.46. The Kier molecular flexibility index (Phi) is 7.98. The van der Waals surface area contributed by atoms with Gasteiger partial charge in [0, 0.05) is 64.1 Å². The highest BCUT2D eigenvalue weighted by molar-refractivity contribution is 9.10. The topological polar surface area (TPSA) is 85.2 Å². The first-order valence-electron chi connectivity index (χ1n) is 12.3. The van der Waals surface area contributed by atoms with E-state index in [9.17, 15) is 4.79 Å². The second kappa shape index (κ2) is 11.4. The number of carbonyl (C=O) groups excluding carboxylic acids is 1. The Labute approximate surface area is 224 Å². The van der Waals surface area contributed by atoms with Crippen molar-refractivity contribution < 1.29 is 9.53 Å². The summed E-state index contributed by atoms with van der Waals surface area (Å²) >= 11 is 9.73. The number of aromatic nitrogens is 2. The number of hydrogen-bond donors (Lipinski definition) is 4. The number of likely N-dealkylation sites (tertiary alicyclic amines) is 1. The van der Waals surface area contributed by atoms with Crippen molar-refractivity contribution >= 4 is 55.2 Å². The summed E-state index contributed by atoms with van der Waals surface area (Å²) in [7, 11) is 1.75. The van der Waals surface area contributed by atoms with Gasteiger partial charge in [0.15, 0.2) is 0 Å². The number of amides is 1. The van der Waals surface area contributed by atoms with Crippen LogP contribution in [-0.4, -0.2) is 73.3 Å². The van der Waals surface area contributed by atoms with Gasteiger partial charge in [0.05, 0.1) is 23.6 Å². The predicted molar refractivity (Wildman–Crippen MR) is 150 cm³/mol. The van der Waals surface area contributed by atoms with Gasteiger partial charge in [-0.1, -0.05) is 33.6 Å². The molecule has 3 heterocycles. The van der Waals surface area contributed by atoms with Crippen LogP contribution >= 0.6 is 27.5 Å². The van der Waals surface area contributed by atoms with E-state index in [2.05, 4.69) is 41.4 Å². The molecule has 0 atom stereocenters. The summed E-state index contributed by atoms with van der Waals surface area (Å²) in [5.41, 5.74) is 4.13. The Morgan fingerprint density at radius 3 is 2.75 bits per heavy atom. The molecule has 0 saturated carbocycles. The molecule has 1 saturated heterocycles. The molecule has 5 rings (SSSR count). The van der Waals surface area contributed by atoms with Gasteiger partial charge in [-0.3, -0.25) is 4.79 Å². The third-order valence-electron chi connectivity index (χ3n) is 6.88. The zero-order valence-electron chi connectivity index (χ0n) is 20.3. The standard InChI is InChI=1S/C27H31BrClN5O2/c1-36-13-12-34-10-6-20(7-11-34)30-8-9-31-27(35)25-21-4-2-18(28)16-23(21)33-26(25)24-15-17-14-19(29)3-5-22(17)32-24/h2-5,14-16,20,30,32-33H,6-13H2,1H3,(H,31,35). The number of rotatable bonds is 9. The fourth-order valence-electron chi connectivity index (χ4n) is 4.97. The molecule has 0 radical (unpaired) electrons. The van der Waals surface area contributed by atoms with Crippen LogP contribution in [0.15, 0.2) is 46.9 Å². The van der Waals surface area contributed by atoms with Crippen LogP contribution in [0.2, 0.25) is 5.02 Å². The van der Waals surface area contributed by atoms with Gasteiger partial charge in [-0.05, 0) is 62.3 Å². The van der Waals surface area contributed by atoms with Crippen LogP contribution in [0, 0.1) is 0 Å². The summed E-state index contributed by atoms with van der Waals surface area (Å²) in [6.07, 6.45) is 2.23. The van der Waals surface area contributed by atoms with Crippen molar-refractivity contribution in [3.05, 3.63) is 57.5 Å². The first-order chi connectivity index (χ1) is 17.5. The number of H-pyrrole nitrogens is 2. The highest BCUT2D eigenvalue weighted by Crippen LogP contribution is 2.33. The highest BCUT2D eigenvalue weighted by Gasteiger charge is 2.22. The molecule has 2 aromatic carbocycles. The van der Waals surface area contributed by atoms with Crippen molar-refractivity contribution in [2.75, 3.05) is 46.4 Å². The summed E-state index contributed by atoms with van der Waals surface area (Å²) in [6.45, 7) is 5.24. The van der Waals surface area contributed by atoms with Gasteiger partial charge in [-0.25, -0.2) is 0 Å². The molecule has 7 nitrogen and oxygen atoms in total. The molecule has 1 fully saturated rings. The number of fused-ring (bicyclic) bond motifs is 2. The fraction of sp³-hybridized carbons (Fsp3) is 0.370. The van der Waals surface area contributed by atoms with Gasteiger partial charge >= 0.3 is 0 Å². The van der Waals surface area contributed by atoms with E-state index in [1.54, 1.807) is 7.11 Å². The van der Waals surface area contributed by atoms with Gasteiger partial charge in [-0.15, -0.1) is 0 Å². The minimum absolute atomic E-state index is 0.0913. The maximum absolute atomic E-state index is 13.4. The molecule has 2 aromatic heterocycles. The lowest BCUT2D eigenvalue weighted by atomic mass is 10.1. The number of nitrogens with zero attached hydrogens (tertiary/aromatic N) is 1. The molecule has 0 aliphatic carbocycles. The number of aromatic amines is 2. The zero-order chi connectivity index (χ0) is 25.1. The molecule has 1 aliphatic rings. The SMILES string of the molecule is COCCN1CCC(NCCNC(=O)c2c(-c3cc4cc(Cl)ccc4[nH]3)[nH]c3cc(Br)ccc23)CC1. The van der Waals surface area contributed by atoms with Crippen LogP contribution in [-0.2, 0) is 4.74 Å². The molecular formula is C27H31BrClN5O2. The minimum Gasteiger partial charge on any atom is -0.383 e. The molecule has 1 aliphatic heterocycles. The molecule has 9 heteroatoms. The van der Waals surface area contributed by atoms with E-state index in [-0.39, 0.29) is 5.91 Å². The lowest BCUT2D eigenvalue weighted by molar-refractivity contribution is 0.0954. The number of carbonyl (C=O) groups is 1. The molecule has 0 spiro atoms. The Morgan fingerprint density at radius 1 is 1.11 bits per heavy atom. The Balaban J connectivity index is 1.27. The quantitative estimate of drug-likeness (QED) is 0.209. The van der Waals surface area contributed by atoms with Crippen molar-refractivity contribution in [1.29, 1.82) is 0 Å². The summed E-state index contributed by atoms with van der Waals surface area (Å²) in [5, 5.41) is 9.30. The second-order valence-electron chi connectivity index (χ2n) is 9.30. The van der Waals surface area contributed by atoms with Crippen molar-refractivity contribution in [3.63, 3.8) is 0 Å². The molecule has 0 unspecified atom stereocenters. The van der Waals surface area contributed by atoms with Gasteiger partial charge in [0.2, 0.25) is 0 Å². The maximum Gasteiger partial charge on any atom is 0.254 e. The van der Waals surface area contributed by atoms with E-state index in [1.807, 2.05) is 42.5 Å².